The predicted octanol–water partition coefficient (Wildman–Crippen LogP) is 4.00. The van der Waals surface area contributed by atoms with Crippen LogP contribution >= 0.6 is 27.5 Å². The maximum Gasteiger partial charge on any atom is 0.175 e. The van der Waals surface area contributed by atoms with Gasteiger partial charge in [0.05, 0.1) is 17.7 Å². The Hall–Kier alpha value is -0.450. The van der Waals surface area contributed by atoms with Gasteiger partial charge < -0.3 is 14.2 Å². The van der Waals surface area contributed by atoms with Gasteiger partial charge in [0, 0.05) is 12.5 Å². The van der Waals surface area contributed by atoms with E-state index >= 15 is 0 Å². The average molecular weight is 338 g/mol. The van der Waals surface area contributed by atoms with Crippen LogP contribution in [0.3, 0.4) is 0 Å². The molecule has 1 aromatic rings. The number of hydrogen-bond donors (Lipinski definition) is 0. The van der Waals surface area contributed by atoms with Crippen LogP contribution < -0.4 is 9.47 Å². The normalized spacial score (nSPS) is 10.4. The second-order valence-electron chi connectivity index (χ2n) is 3.52. The Labute approximate surface area is 121 Å². The van der Waals surface area contributed by atoms with Crippen LogP contribution in [0.2, 0.25) is 0 Å². The van der Waals surface area contributed by atoms with E-state index in [0.717, 1.165) is 10.0 Å². The predicted molar refractivity (Wildman–Crippen MR) is 76.9 cm³/mol. The van der Waals surface area contributed by atoms with Crippen LogP contribution in [0.1, 0.15) is 19.4 Å². The summed E-state index contributed by atoms with van der Waals surface area (Å²) >= 11 is 9.31. The van der Waals surface area contributed by atoms with E-state index < -0.39 is 0 Å². The summed E-state index contributed by atoms with van der Waals surface area (Å²) in [6, 6.07) is 3.84. The van der Waals surface area contributed by atoms with Crippen LogP contribution in [-0.2, 0) is 10.6 Å². The Bertz CT molecular complexity index is 371. The van der Waals surface area contributed by atoms with E-state index in [-0.39, 0.29) is 0 Å². The van der Waals surface area contributed by atoms with Crippen LogP contribution in [0, 0.1) is 0 Å². The Morgan fingerprint density at radius 1 is 1.11 bits per heavy atom. The van der Waals surface area contributed by atoms with Gasteiger partial charge in [0.2, 0.25) is 0 Å². The van der Waals surface area contributed by atoms with Gasteiger partial charge in [0.25, 0.3) is 0 Å². The van der Waals surface area contributed by atoms with Gasteiger partial charge in [-0.2, -0.15) is 0 Å². The largest absolute Gasteiger partial charge is 0.490 e. The molecule has 0 atom stereocenters. The summed E-state index contributed by atoms with van der Waals surface area (Å²) in [7, 11) is 0. The van der Waals surface area contributed by atoms with E-state index in [1.54, 1.807) is 0 Å². The van der Waals surface area contributed by atoms with E-state index in [4.69, 9.17) is 25.8 Å². The van der Waals surface area contributed by atoms with E-state index in [1.165, 1.54) is 0 Å². The van der Waals surface area contributed by atoms with Gasteiger partial charge in [-0.15, -0.1) is 11.6 Å². The minimum Gasteiger partial charge on any atom is -0.490 e. The van der Waals surface area contributed by atoms with Crippen molar-refractivity contribution in [2.24, 2.45) is 0 Å². The molecule has 1 rings (SSSR count). The topological polar surface area (TPSA) is 27.7 Å². The fraction of sp³-hybridized carbons (Fsp3) is 0.538. The van der Waals surface area contributed by atoms with Crippen molar-refractivity contribution in [2.75, 3.05) is 26.4 Å². The summed E-state index contributed by atoms with van der Waals surface area (Å²) in [5.74, 6) is 1.85. The van der Waals surface area contributed by atoms with Crippen LogP contribution in [0.25, 0.3) is 0 Å². The molecule has 0 N–H and O–H groups in total. The molecule has 0 aliphatic carbocycles. The van der Waals surface area contributed by atoms with Crippen molar-refractivity contribution in [3.8, 4) is 11.5 Å². The molecule has 0 saturated carbocycles. The molecule has 0 fully saturated rings. The number of ether oxygens (including phenoxy) is 3. The van der Waals surface area contributed by atoms with Gasteiger partial charge in [-0.25, -0.2) is 0 Å². The fourth-order valence-electron chi connectivity index (χ4n) is 1.45. The van der Waals surface area contributed by atoms with Gasteiger partial charge in [0.1, 0.15) is 6.61 Å². The molecule has 0 aromatic heterocycles. The molecule has 0 unspecified atom stereocenters. The van der Waals surface area contributed by atoms with Crippen LogP contribution in [0.5, 0.6) is 11.5 Å². The summed E-state index contributed by atoms with van der Waals surface area (Å²) in [5.41, 5.74) is 0.990. The van der Waals surface area contributed by atoms with Crippen molar-refractivity contribution < 1.29 is 14.2 Å². The standard InChI is InChI=1S/C13H18BrClO3/c1-3-16-5-6-18-13-11(14)7-10(9-15)8-12(13)17-4-2/h7-8H,3-6,9H2,1-2H3. The molecule has 0 saturated heterocycles. The maximum absolute atomic E-state index is 5.83. The van der Waals surface area contributed by atoms with Crippen LogP contribution in [-0.4, -0.2) is 26.4 Å². The van der Waals surface area contributed by atoms with Crippen molar-refractivity contribution in [3.05, 3.63) is 22.2 Å². The molecule has 0 bridgehead atoms. The van der Waals surface area contributed by atoms with Crippen LogP contribution in [0.4, 0.5) is 0 Å². The third kappa shape index (κ3) is 4.67. The first kappa shape index (κ1) is 15.6. The molecule has 1 aromatic carbocycles. The lowest BCUT2D eigenvalue weighted by atomic mass is 10.2. The van der Waals surface area contributed by atoms with Crippen molar-refractivity contribution >= 4 is 27.5 Å². The zero-order chi connectivity index (χ0) is 13.4. The Balaban J connectivity index is 2.79. The first-order valence-corrected chi connectivity index (χ1v) is 7.27. The Morgan fingerprint density at radius 3 is 2.50 bits per heavy atom. The summed E-state index contributed by atoms with van der Waals surface area (Å²) < 4.78 is 17.3. The van der Waals surface area contributed by atoms with Crippen molar-refractivity contribution in [2.45, 2.75) is 19.7 Å². The zero-order valence-electron chi connectivity index (χ0n) is 10.7. The van der Waals surface area contributed by atoms with E-state index in [1.807, 2.05) is 26.0 Å². The number of benzene rings is 1. The molecule has 18 heavy (non-hydrogen) atoms. The lowest BCUT2D eigenvalue weighted by Crippen LogP contribution is -2.08. The second kappa shape index (κ2) is 8.62. The smallest absolute Gasteiger partial charge is 0.175 e. The van der Waals surface area contributed by atoms with Gasteiger partial charge in [0.15, 0.2) is 11.5 Å². The van der Waals surface area contributed by atoms with E-state index in [9.17, 15) is 0 Å². The second-order valence-corrected chi connectivity index (χ2v) is 4.64. The highest BCUT2D eigenvalue weighted by molar-refractivity contribution is 9.10. The summed E-state index contributed by atoms with van der Waals surface area (Å²) in [4.78, 5) is 0. The molecule has 0 heterocycles. The first-order chi connectivity index (χ1) is 8.72. The Morgan fingerprint density at radius 2 is 1.89 bits per heavy atom. The summed E-state index contributed by atoms with van der Waals surface area (Å²) in [6.45, 7) is 6.22. The number of alkyl halides is 1. The quantitative estimate of drug-likeness (QED) is 0.530. The number of halogens is 2. The highest BCUT2D eigenvalue weighted by Gasteiger charge is 2.11. The molecule has 0 amide bonds. The molecule has 0 aliphatic rings. The van der Waals surface area contributed by atoms with E-state index in [0.29, 0.717) is 43.8 Å². The van der Waals surface area contributed by atoms with Crippen molar-refractivity contribution in [3.63, 3.8) is 0 Å². The summed E-state index contributed by atoms with van der Waals surface area (Å²) in [6.07, 6.45) is 0. The summed E-state index contributed by atoms with van der Waals surface area (Å²) in [5, 5.41) is 0. The third-order valence-corrected chi connectivity index (χ3v) is 3.10. The molecule has 5 heteroatoms. The molecule has 102 valence electrons. The minimum atomic E-state index is 0.442. The molecule has 3 nitrogen and oxygen atoms in total. The average Bonchev–Trinajstić information content (AvgIpc) is 2.37. The zero-order valence-corrected chi connectivity index (χ0v) is 13.0. The van der Waals surface area contributed by atoms with Gasteiger partial charge in [-0.05, 0) is 47.5 Å². The van der Waals surface area contributed by atoms with Gasteiger partial charge in [-0.3, -0.25) is 0 Å². The SMILES string of the molecule is CCOCCOc1c(Br)cc(CCl)cc1OCC. The molecular weight excluding hydrogens is 319 g/mol. The molecular formula is C13H18BrClO3. The third-order valence-electron chi connectivity index (χ3n) is 2.20. The highest BCUT2D eigenvalue weighted by atomic mass is 79.9. The van der Waals surface area contributed by atoms with Crippen LogP contribution in [0.15, 0.2) is 16.6 Å². The monoisotopic (exact) mass is 336 g/mol. The lowest BCUT2D eigenvalue weighted by molar-refractivity contribution is 0.108. The van der Waals surface area contributed by atoms with E-state index in [2.05, 4.69) is 15.9 Å². The van der Waals surface area contributed by atoms with Gasteiger partial charge >= 0.3 is 0 Å². The lowest BCUT2D eigenvalue weighted by Gasteiger charge is -2.14. The number of rotatable bonds is 8. The van der Waals surface area contributed by atoms with Crippen molar-refractivity contribution in [1.29, 1.82) is 0 Å². The first-order valence-electron chi connectivity index (χ1n) is 5.94. The van der Waals surface area contributed by atoms with Crippen molar-refractivity contribution in [1.82, 2.24) is 0 Å². The highest BCUT2D eigenvalue weighted by Crippen LogP contribution is 2.37. The molecule has 0 aliphatic heterocycles. The number of hydrogen-bond acceptors (Lipinski definition) is 3. The molecule has 0 spiro atoms. The maximum atomic E-state index is 5.83. The van der Waals surface area contributed by atoms with Gasteiger partial charge in [-0.1, -0.05) is 0 Å². The minimum absolute atomic E-state index is 0.442. The fourth-order valence-corrected chi connectivity index (χ4v) is 2.21. The Kier molecular flexibility index (Phi) is 7.47. The molecule has 0 radical (unpaired) electrons.